The highest BCUT2D eigenvalue weighted by atomic mass is 16.5. The van der Waals surface area contributed by atoms with E-state index in [1.165, 1.54) is 0 Å². The molecule has 106 valence electrons. The number of amidine groups is 1. The Morgan fingerprint density at radius 2 is 2.06 bits per heavy atom. The smallest absolute Gasteiger partial charge is 0.228 e. The maximum Gasteiger partial charge on any atom is 0.228 e. The third kappa shape index (κ3) is 5.35. The van der Waals surface area contributed by atoms with Crippen LogP contribution in [0.5, 0.6) is 0 Å². The lowest BCUT2D eigenvalue weighted by atomic mass is 9.88. The number of ether oxygens (including phenoxy) is 1. The molecule has 0 fully saturated rings. The summed E-state index contributed by atoms with van der Waals surface area (Å²) in [6.07, 6.45) is 1.12. The molecular formula is C12H25N3O3. The van der Waals surface area contributed by atoms with Crippen molar-refractivity contribution in [2.75, 3.05) is 26.8 Å². The second-order valence-electron chi connectivity index (χ2n) is 4.86. The van der Waals surface area contributed by atoms with Crippen molar-refractivity contribution in [3.63, 3.8) is 0 Å². The zero-order valence-electron chi connectivity index (χ0n) is 11.8. The molecule has 0 bridgehead atoms. The SMILES string of the molecule is CCC(C)(C)C(=O)N(CCOC)CCC(N)=NO. The van der Waals surface area contributed by atoms with Gasteiger partial charge in [0.1, 0.15) is 5.84 Å². The summed E-state index contributed by atoms with van der Waals surface area (Å²) in [7, 11) is 1.59. The molecule has 3 N–H and O–H groups in total. The molecule has 0 atom stereocenters. The summed E-state index contributed by atoms with van der Waals surface area (Å²) in [6.45, 7) is 7.23. The molecule has 0 heterocycles. The predicted molar refractivity (Wildman–Crippen MR) is 70.6 cm³/mol. The van der Waals surface area contributed by atoms with Crippen molar-refractivity contribution >= 4 is 11.7 Å². The summed E-state index contributed by atoms with van der Waals surface area (Å²) in [5.74, 6) is 0.187. The first-order valence-corrected chi connectivity index (χ1v) is 6.13. The van der Waals surface area contributed by atoms with Crippen LogP contribution in [0.25, 0.3) is 0 Å². The molecule has 0 rings (SSSR count). The molecule has 0 aromatic heterocycles. The van der Waals surface area contributed by atoms with Gasteiger partial charge in [0.15, 0.2) is 0 Å². The van der Waals surface area contributed by atoms with Crippen molar-refractivity contribution < 1.29 is 14.7 Å². The van der Waals surface area contributed by atoms with Crippen LogP contribution in [0.3, 0.4) is 0 Å². The molecule has 0 saturated carbocycles. The number of hydrogen-bond donors (Lipinski definition) is 2. The molecule has 1 amide bonds. The molecule has 0 radical (unpaired) electrons. The van der Waals surface area contributed by atoms with E-state index in [1.807, 2.05) is 20.8 Å². The van der Waals surface area contributed by atoms with Gasteiger partial charge in [0.25, 0.3) is 0 Å². The Labute approximate surface area is 109 Å². The number of oxime groups is 1. The molecule has 6 nitrogen and oxygen atoms in total. The van der Waals surface area contributed by atoms with Crippen LogP contribution in [0.15, 0.2) is 5.16 Å². The molecule has 0 aliphatic heterocycles. The number of nitrogens with two attached hydrogens (primary N) is 1. The third-order valence-electron chi connectivity index (χ3n) is 3.08. The Hall–Kier alpha value is -1.30. The summed E-state index contributed by atoms with van der Waals surface area (Å²) < 4.78 is 5.00. The van der Waals surface area contributed by atoms with Crippen molar-refractivity contribution in [1.82, 2.24) is 4.90 Å². The van der Waals surface area contributed by atoms with E-state index < -0.39 is 5.41 Å². The van der Waals surface area contributed by atoms with E-state index in [4.69, 9.17) is 15.7 Å². The van der Waals surface area contributed by atoms with Crippen LogP contribution in [0.1, 0.15) is 33.6 Å². The fraction of sp³-hybridized carbons (Fsp3) is 0.833. The van der Waals surface area contributed by atoms with Gasteiger partial charge in [0.2, 0.25) is 5.91 Å². The fourth-order valence-electron chi connectivity index (χ4n) is 1.40. The van der Waals surface area contributed by atoms with Gasteiger partial charge in [-0.05, 0) is 6.42 Å². The molecule has 0 aromatic rings. The Balaban J connectivity index is 4.61. The van der Waals surface area contributed by atoms with Gasteiger partial charge in [-0.3, -0.25) is 4.79 Å². The molecule has 6 heteroatoms. The summed E-state index contributed by atoms with van der Waals surface area (Å²) in [4.78, 5) is 14.0. The number of carbonyl (C=O) groups is 1. The zero-order valence-corrected chi connectivity index (χ0v) is 11.8. The number of hydrogen-bond acceptors (Lipinski definition) is 4. The number of nitrogens with zero attached hydrogens (tertiary/aromatic N) is 2. The predicted octanol–water partition coefficient (Wildman–Crippen LogP) is 1.03. The van der Waals surface area contributed by atoms with E-state index >= 15 is 0 Å². The monoisotopic (exact) mass is 259 g/mol. The second kappa shape index (κ2) is 7.92. The maximum absolute atomic E-state index is 12.3. The van der Waals surface area contributed by atoms with Crippen LogP contribution in [-0.4, -0.2) is 48.7 Å². The van der Waals surface area contributed by atoms with E-state index in [2.05, 4.69) is 5.16 Å². The van der Waals surface area contributed by atoms with Gasteiger partial charge >= 0.3 is 0 Å². The average Bonchev–Trinajstić information content (AvgIpc) is 2.37. The molecule has 0 aromatic carbocycles. The maximum atomic E-state index is 12.3. The lowest BCUT2D eigenvalue weighted by Crippen LogP contribution is -2.43. The highest BCUT2D eigenvalue weighted by Gasteiger charge is 2.29. The first-order valence-electron chi connectivity index (χ1n) is 6.13. The minimum absolute atomic E-state index is 0.0628. The Bertz CT molecular complexity index is 290. The van der Waals surface area contributed by atoms with Crippen LogP contribution >= 0.6 is 0 Å². The summed E-state index contributed by atoms with van der Waals surface area (Å²) >= 11 is 0. The fourth-order valence-corrected chi connectivity index (χ4v) is 1.40. The molecule has 0 aliphatic rings. The van der Waals surface area contributed by atoms with Crippen molar-refractivity contribution in [2.45, 2.75) is 33.6 Å². The lowest BCUT2D eigenvalue weighted by Gasteiger charge is -2.31. The van der Waals surface area contributed by atoms with Gasteiger partial charge in [-0.1, -0.05) is 25.9 Å². The zero-order chi connectivity index (χ0) is 14.2. The molecule has 18 heavy (non-hydrogen) atoms. The van der Waals surface area contributed by atoms with Crippen LogP contribution in [0, 0.1) is 5.41 Å². The van der Waals surface area contributed by atoms with Crippen LogP contribution in [0.4, 0.5) is 0 Å². The van der Waals surface area contributed by atoms with Crippen LogP contribution in [-0.2, 0) is 9.53 Å². The van der Waals surface area contributed by atoms with Crippen LogP contribution < -0.4 is 5.73 Å². The first kappa shape index (κ1) is 16.7. The normalized spacial score (nSPS) is 12.6. The highest BCUT2D eigenvalue weighted by molar-refractivity contribution is 5.83. The summed E-state index contributed by atoms with van der Waals surface area (Å²) in [5.41, 5.74) is 5.02. The Morgan fingerprint density at radius 3 is 2.50 bits per heavy atom. The molecule has 0 saturated heterocycles. The van der Waals surface area contributed by atoms with E-state index in [-0.39, 0.29) is 11.7 Å². The van der Waals surface area contributed by atoms with Crippen molar-refractivity contribution in [1.29, 1.82) is 0 Å². The minimum Gasteiger partial charge on any atom is -0.409 e. The second-order valence-corrected chi connectivity index (χ2v) is 4.86. The first-order chi connectivity index (χ1) is 8.38. The van der Waals surface area contributed by atoms with Gasteiger partial charge in [0.05, 0.1) is 6.61 Å². The van der Waals surface area contributed by atoms with E-state index in [0.29, 0.717) is 26.1 Å². The van der Waals surface area contributed by atoms with Gasteiger partial charge in [-0.15, -0.1) is 0 Å². The molecule has 0 spiro atoms. The van der Waals surface area contributed by atoms with Crippen molar-refractivity contribution in [3.05, 3.63) is 0 Å². The molecular weight excluding hydrogens is 234 g/mol. The summed E-state index contributed by atoms with van der Waals surface area (Å²) in [6, 6.07) is 0. The van der Waals surface area contributed by atoms with Gasteiger partial charge < -0.3 is 20.6 Å². The summed E-state index contributed by atoms with van der Waals surface area (Å²) in [5, 5.41) is 11.4. The number of carbonyl (C=O) groups excluding carboxylic acids is 1. The van der Waals surface area contributed by atoms with Gasteiger partial charge in [0, 0.05) is 32.0 Å². The van der Waals surface area contributed by atoms with Gasteiger partial charge in [-0.25, -0.2) is 0 Å². The Morgan fingerprint density at radius 1 is 1.44 bits per heavy atom. The average molecular weight is 259 g/mol. The van der Waals surface area contributed by atoms with Gasteiger partial charge in [-0.2, -0.15) is 0 Å². The Kier molecular flexibility index (Phi) is 7.35. The molecule has 0 aliphatic carbocycles. The number of methoxy groups -OCH3 is 1. The van der Waals surface area contributed by atoms with Crippen molar-refractivity contribution in [3.8, 4) is 0 Å². The van der Waals surface area contributed by atoms with E-state index in [9.17, 15) is 4.79 Å². The van der Waals surface area contributed by atoms with E-state index in [1.54, 1.807) is 12.0 Å². The lowest BCUT2D eigenvalue weighted by molar-refractivity contribution is -0.141. The largest absolute Gasteiger partial charge is 0.409 e. The van der Waals surface area contributed by atoms with Crippen molar-refractivity contribution in [2.24, 2.45) is 16.3 Å². The highest BCUT2D eigenvalue weighted by Crippen LogP contribution is 2.23. The molecule has 0 unspecified atom stereocenters. The third-order valence-corrected chi connectivity index (χ3v) is 3.08. The minimum atomic E-state index is -0.404. The van der Waals surface area contributed by atoms with E-state index in [0.717, 1.165) is 6.42 Å². The number of amides is 1. The number of rotatable bonds is 8. The quantitative estimate of drug-likeness (QED) is 0.295. The topological polar surface area (TPSA) is 88.2 Å². The standard InChI is InChI=1S/C12H25N3O3/c1-5-12(2,3)11(16)15(8-9-18-4)7-6-10(13)14-17/h17H,5-9H2,1-4H3,(H2,13,14). The van der Waals surface area contributed by atoms with Crippen LogP contribution in [0.2, 0.25) is 0 Å².